The van der Waals surface area contributed by atoms with Crippen molar-refractivity contribution in [1.29, 1.82) is 0 Å². The molecular weight excluding hydrogens is 318 g/mol. The van der Waals surface area contributed by atoms with Gasteiger partial charge in [0.1, 0.15) is 5.75 Å². The molecule has 0 unspecified atom stereocenters. The first-order valence-corrected chi connectivity index (χ1v) is 8.10. The van der Waals surface area contributed by atoms with E-state index in [4.69, 9.17) is 4.74 Å². The number of nitrogens with one attached hydrogen (secondary N) is 3. The summed E-state index contributed by atoms with van der Waals surface area (Å²) in [6.45, 7) is 4.05. The van der Waals surface area contributed by atoms with E-state index in [9.17, 15) is 9.59 Å². The van der Waals surface area contributed by atoms with Crippen molar-refractivity contribution in [2.75, 3.05) is 24.2 Å². The Labute approximate surface area is 147 Å². The van der Waals surface area contributed by atoms with E-state index in [2.05, 4.69) is 16.0 Å². The first-order chi connectivity index (χ1) is 12.0. The van der Waals surface area contributed by atoms with Gasteiger partial charge in [0.05, 0.1) is 12.6 Å². The fourth-order valence-corrected chi connectivity index (χ4v) is 2.16. The molecular formula is C19H23N3O3. The second-order valence-electron chi connectivity index (χ2n) is 5.75. The minimum Gasteiger partial charge on any atom is -0.491 e. The molecule has 0 bridgehead atoms. The topological polar surface area (TPSA) is 79.5 Å². The van der Waals surface area contributed by atoms with Gasteiger partial charge in [0.2, 0.25) is 5.91 Å². The molecule has 2 aromatic carbocycles. The van der Waals surface area contributed by atoms with Gasteiger partial charge in [0.15, 0.2) is 0 Å². The Hall–Kier alpha value is -3.02. The summed E-state index contributed by atoms with van der Waals surface area (Å²) in [5, 5.41) is 8.39. The van der Waals surface area contributed by atoms with Gasteiger partial charge in [-0.1, -0.05) is 0 Å². The Kier molecular flexibility index (Phi) is 6.39. The van der Waals surface area contributed by atoms with Crippen LogP contribution in [0.3, 0.4) is 0 Å². The van der Waals surface area contributed by atoms with Crippen molar-refractivity contribution < 1.29 is 14.3 Å². The Balaban J connectivity index is 1.83. The summed E-state index contributed by atoms with van der Waals surface area (Å²) in [6.07, 6.45) is 0.111. The largest absolute Gasteiger partial charge is 0.491 e. The summed E-state index contributed by atoms with van der Waals surface area (Å²) < 4.78 is 5.56. The lowest BCUT2D eigenvalue weighted by atomic mass is 10.2. The lowest BCUT2D eigenvalue weighted by molar-refractivity contribution is -0.114. The van der Waals surface area contributed by atoms with Gasteiger partial charge in [0, 0.05) is 24.0 Å². The van der Waals surface area contributed by atoms with Crippen LogP contribution in [0.5, 0.6) is 5.75 Å². The third kappa shape index (κ3) is 5.84. The van der Waals surface area contributed by atoms with Gasteiger partial charge in [-0.3, -0.25) is 9.59 Å². The number of hydrogen-bond donors (Lipinski definition) is 3. The van der Waals surface area contributed by atoms with Crippen molar-refractivity contribution in [3.8, 4) is 5.75 Å². The highest BCUT2D eigenvalue weighted by Gasteiger charge is 2.05. The van der Waals surface area contributed by atoms with E-state index in [-0.39, 0.29) is 24.5 Å². The molecule has 0 fully saturated rings. The van der Waals surface area contributed by atoms with Gasteiger partial charge in [-0.15, -0.1) is 0 Å². The van der Waals surface area contributed by atoms with Gasteiger partial charge in [-0.2, -0.15) is 0 Å². The number of benzene rings is 2. The molecule has 2 aromatic rings. The predicted octanol–water partition coefficient (Wildman–Crippen LogP) is 2.88. The number of carbonyl (C=O) groups excluding carboxylic acids is 2. The molecule has 0 aliphatic carbocycles. The van der Waals surface area contributed by atoms with Crippen molar-refractivity contribution in [3.63, 3.8) is 0 Å². The number of carbonyl (C=O) groups is 2. The molecule has 25 heavy (non-hydrogen) atoms. The van der Waals surface area contributed by atoms with Crippen molar-refractivity contribution in [3.05, 3.63) is 54.1 Å². The first-order valence-electron chi connectivity index (χ1n) is 8.10. The van der Waals surface area contributed by atoms with Gasteiger partial charge in [-0.05, 0) is 62.4 Å². The van der Waals surface area contributed by atoms with E-state index in [0.717, 1.165) is 11.4 Å². The van der Waals surface area contributed by atoms with Crippen LogP contribution in [0.15, 0.2) is 48.5 Å². The molecule has 0 aliphatic heterocycles. The maximum Gasteiger partial charge on any atom is 0.251 e. The summed E-state index contributed by atoms with van der Waals surface area (Å²) in [4.78, 5) is 23.5. The van der Waals surface area contributed by atoms with E-state index in [1.165, 1.54) is 0 Å². The van der Waals surface area contributed by atoms with Crippen LogP contribution in [0.1, 0.15) is 24.2 Å². The summed E-state index contributed by atoms with van der Waals surface area (Å²) in [6, 6.07) is 14.2. The summed E-state index contributed by atoms with van der Waals surface area (Å²) in [5.41, 5.74) is 2.04. The molecule has 6 heteroatoms. The van der Waals surface area contributed by atoms with Crippen molar-refractivity contribution in [2.45, 2.75) is 20.0 Å². The molecule has 0 aliphatic rings. The predicted molar refractivity (Wildman–Crippen MR) is 99.2 cm³/mol. The van der Waals surface area contributed by atoms with Gasteiger partial charge >= 0.3 is 0 Å². The Morgan fingerprint density at radius 1 is 0.960 bits per heavy atom. The molecule has 0 saturated carbocycles. The van der Waals surface area contributed by atoms with Crippen LogP contribution < -0.4 is 20.7 Å². The second kappa shape index (κ2) is 8.73. The SMILES string of the molecule is CNC(=O)c1ccc(NCC(=O)Nc2ccc(OC(C)C)cc2)cc1. The fraction of sp³-hybridized carbons (Fsp3) is 0.263. The number of rotatable bonds is 7. The van der Waals surface area contributed by atoms with Crippen LogP contribution in [0, 0.1) is 0 Å². The lowest BCUT2D eigenvalue weighted by Gasteiger charge is -2.11. The normalized spacial score (nSPS) is 10.2. The smallest absolute Gasteiger partial charge is 0.251 e. The molecule has 2 rings (SSSR count). The maximum atomic E-state index is 12.0. The van der Waals surface area contributed by atoms with E-state index >= 15 is 0 Å². The molecule has 0 saturated heterocycles. The standard InChI is InChI=1S/C19H23N3O3/c1-13(2)25-17-10-8-16(9-11-17)22-18(23)12-21-15-6-4-14(5-7-15)19(24)20-3/h4-11,13,21H,12H2,1-3H3,(H,20,24)(H,22,23). The Morgan fingerprint density at radius 3 is 2.12 bits per heavy atom. The first kappa shape index (κ1) is 18.3. The Morgan fingerprint density at radius 2 is 1.56 bits per heavy atom. The number of hydrogen-bond acceptors (Lipinski definition) is 4. The van der Waals surface area contributed by atoms with Gasteiger partial charge < -0.3 is 20.7 Å². The van der Waals surface area contributed by atoms with Crippen LogP contribution in [0.4, 0.5) is 11.4 Å². The monoisotopic (exact) mass is 341 g/mol. The molecule has 3 N–H and O–H groups in total. The molecule has 0 heterocycles. The molecule has 2 amide bonds. The molecule has 0 radical (unpaired) electrons. The average molecular weight is 341 g/mol. The lowest BCUT2D eigenvalue weighted by Crippen LogP contribution is -2.22. The highest BCUT2D eigenvalue weighted by Crippen LogP contribution is 2.17. The molecule has 0 spiro atoms. The maximum absolute atomic E-state index is 12.0. The van der Waals surface area contributed by atoms with Crippen molar-refractivity contribution in [2.24, 2.45) is 0 Å². The van der Waals surface area contributed by atoms with Gasteiger partial charge in [0.25, 0.3) is 5.91 Å². The zero-order valence-corrected chi connectivity index (χ0v) is 14.6. The number of amides is 2. The summed E-state index contributed by atoms with van der Waals surface area (Å²) in [5.74, 6) is 0.462. The minimum absolute atomic E-state index is 0.111. The average Bonchev–Trinajstić information content (AvgIpc) is 2.61. The third-order valence-electron chi connectivity index (χ3n) is 3.34. The number of ether oxygens (including phenoxy) is 1. The van der Waals surface area contributed by atoms with E-state index in [0.29, 0.717) is 11.3 Å². The van der Waals surface area contributed by atoms with Crippen LogP contribution in [-0.2, 0) is 4.79 Å². The highest BCUT2D eigenvalue weighted by molar-refractivity contribution is 5.95. The summed E-state index contributed by atoms with van der Waals surface area (Å²) >= 11 is 0. The van der Waals surface area contributed by atoms with E-state index < -0.39 is 0 Å². The van der Waals surface area contributed by atoms with Crippen LogP contribution in [0.2, 0.25) is 0 Å². The molecule has 0 atom stereocenters. The van der Waals surface area contributed by atoms with Crippen LogP contribution >= 0.6 is 0 Å². The van der Waals surface area contributed by atoms with Gasteiger partial charge in [-0.25, -0.2) is 0 Å². The van der Waals surface area contributed by atoms with Crippen molar-refractivity contribution >= 4 is 23.2 Å². The zero-order valence-electron chi connectivity index (χ0n) is 14.6. The zero-order chi connectivity index (χ0) is 18.2. The highest BCUT2D eigenvalue weighted by atomic mass is 16.5. The molecule has 0 aromatic heterocycles. The number of anilines is 2. The Bertz CT molecular complexity index is 710. The van der Waals surface area contributed by atoms with Crippen LogP contribution in [0.25, 0.3) is 0 Å². The molecule has 6 nitrogen and oxygen atoms in total. The van der Waals surface area contributed by atoms with Crippen LogP contribution in [-0.4, -0.2) is 31.5 Å². The fourth-order valence-electron chi connectivity index (χ4n) is 2.16. The minimum atomic E-state index is -0.159. The second-order valence-corrected chi connectivity index (χ2v) is 5.75. The quantitative estimate of drug-likeness (QED) is 0.723. The van der Waals surface area contributed by atoms with E-state index in [1.54, 1.807) is 43.4 Å². The van der Waals surface area contributed by atoms with E-state index in [1.807, 2.05) is 26.0 Å². The summed E-state index contributed by atoms with van der Waals surface area (Å²) in [7, 11) is 1.58. The third-order valence-corrected chi connectivity index (χ3v) is 3.34. The van der Waals surface area contributed by atoms with Crippen molar-refractivity contribution in [1.82, 2.24) is 5.32 Å². The molecule has 132 valence electrons.